The predicted octanol–water partition coefficient (Wildman–Crippen LogP) is 10.7. The van der Waals surface area contributed by atoms with Crippen LogP contribution in [0.4, 0.5) is 0 Å². The molecule has 4 aromatic carbocycles. The zero-order chi connectivity index (χ0) is 28.0. The van der Waals surface area contributed by atoms with Crippen molar-refractivity contribution in [3.63, 3.8) is 0 Å². The van der Waals surface area contributed by atoms with Gasteiger partial charge in [0, 0.05) is 11.1 Å². The summed E-state index contributed by atoms with van der Waals surface area (Å²) in [5, 5.41) is 0. The molecule has 0 spiro atoms. The Labute approximate surface area is 241 Å². The van der Waals surface area contributed by atoms with Crippen molar-refractivity contribution in [3.8, 4) is 22.6 Å². The molecule has 0 saturated carbocycles. The van der Waals surface area contributed by atoms with E-state index in [1.807, 2.05) is 72.8 Å². The zero-order valence-electron chi connectivity index (χ0n) is 23.3. The molecule has 6 rings (SSSR count). The van der Waals surface area contributed by atoms with Crippen LogP contribution in [0.3, 0.4) is 0 Å². The van der Waals surface area contributed by atoms with Gasteiger partial charge in [-0.3, -0.25) is 0 Å². The first-order valence-corrected chi connectivity index (χ1v) is 13.8. The van der Waals surface area contributed by atoms with E-state index >= 15 is 0 Å². The molecule has 0 bridgehead atoms. The Balaban J connectivity index is 1.45. The molecule has 198 valence electrons. The number of allylic oxidation sites excluding steroid dienone is 6. The maximum atomic E-state index is 6.41. The van der Waals surface area contributed by atoms with Crippen molar-refractivity contribution in [2.75, 3.05) is 0 Å². The van der Waals surface area contributed by atoms with Gasteiger partial charge >= 0.3 is 11.5 Å². The van der Waals surface area contributed by atoms with Crippen LogP contribution in [-0.2, 0) is 4.74 Å². The highest BCUT2D eigenvalue weighted by Crippen LogP contribution is 2.35. The summed E-state index contributed by atoms with van der Waals surface area (Å²) in [5.41, 5.74) is 8.71. The summed E-state index contributed by atoms with van der Waals surface area (Å²) in [6.45, 7) is 4.32. The van der Waals surface area contributed by atoms with Gasteiger partial charge in [-0.25, -0.2) is 4.42 Å². The molecule has 0 radical (unpaired) electrons. The summed E-state index contributed by atoms with van der Waals surface area (Å²) in [7, 11) is 0. The summed E-state index contributed by atoms with van der Waals surface area (Å²) in [5.74, 6) is 3.35. The Morgan fingerprint density at radius 3 is 1.34 bits per heavy atom. The van der Waals surface area contributed by atoms with E-state index < -0.39 is 0 Å². The van der Waals surface area contributed by atoms with Crippen LogP contribution in [0.2, 0.25) is 0 Å². The molecule has 1 aliphatic heterocycles. The zero-order valence-corrected chi connectivity index (χ0v) is 23.3. The van der Waals surface area contributed by atoms with E-state index in [0.29, 0.717) is 0 Å². The Bertz CT molecular complexity index is 1660. The SMILES string of the molecule is CC(=CC(C)=C1C=C(c2ccccc2)OC(c2ccccc2)=C1)c1cc(-c2ccccc2)[o+]c(-c2ccccc2)c1. The van der Waals surface area contributed by atoms with Crippen LogP contribution in [0.5, 0.6) is 0 Å². The van der Waals surface area contributed by atoms with Crippen molar-refractivity contribution in [3.05, 3.63) is 180 Å². The molecule has 1 aliphatic rings. The van der Waals surface area contributed by atoms with Crippen LogP contribution in [-0.4, -0.2) is 0 Å². The second kappa shape index (κ2) is 11.9. The minimum absolute atomic E-state index is 0.837. The van der Waals surface area contributed by atoms with Crippen molar-refractivity contribution in [1.82, 2.24) is 0 Å². The molecule has 2 nitrogen and oxygen atoms in total. The second-order valence-corrected chi connectivity index (χ2v) is 10.1. The lowest BCUT2D eigenvalue weighted by Crippen LogP contribution is -2.00. The lowest BCUT2D eigenvalue weighted by atomic mass is 9.97. The van der Waals surface area contributed by atoms with Gasteiger partial charge in [-0.15, -0.1) is 0 Å². The fourth-order valence-corrected chi connectivity index (χ4v) is 4.93. The van der Waals surface area contributed by atoms with Gasteiger partial charge in [0.05, 0.1) is 23.3 Å². The van der Waals surface area contributed by atoms with E-state index in [1.165, 1.54) is 0 Å². The van der Waals surface area contributed by atoms with E-state index in [-0.39, 0.29) is 0 Å². The first-order chi connectivity index (χ1) is 20.1. The fraction of sp³-hybridized carbons (Fsp3) is 0.0513. The fourth-order valence-electron chi connectivity index (χ4n) is 4.93. The molecule has 5 aromatic rings. The highest BCUT2D eigenvalue weighted by atomic mass is 16.5. The van der Waals surface area contributed by atoms with Gasteiger partial charge in [-0.2, -0.15) is 0 Å². The molecule has 0 amide bonds. The molecule has 0 N–H and O–H groups in total. The Morgan fingerprint density at radius 2 is 0.927 bits per heavy atom. The van der Waals surface area contributed by atoms with Gasteiger partial charge in [0.1, 0.15) is 11.5 Å². The number of benzene rings is 4. The van der Waals surface area contributed by atoms with E-state index in [9.17, 15) is 0 Å². The van der Waals surface area contributed by atoms with Crippen LogP contribution >= 0.6 is 0 Å². The molecule has 2 heteroatoms. The predicted molar refractivity (Wildman–Crippen MR) is 170 cm³/mol. The van der Waals surface area contributed by atoms with Crippen LogP contribution < -0.4 is 0 Å². The summed E-state index contributed by atoms with van der Waals surface area (Å²) < 4.78 is 12.8. The Hall–Kier alpha value is -5.21. The number of ether oxygens (including phenoxy) is 1. The first kappa shape index (κ1) is 26.0. The quantitative estimate of drug-likeness (QED) is 0.203. The number of rotatable bonds is 6. The van der Waals surface area contributed by atoms with E-state index in [0.717, 1.165) is 67.6 Å². The monoisotopic (exact) mass is 531 g/mol. The summed E-state index contributed by atoms with van der Waals surface area (Å²) in [4.78, 5) is 0. The minimum Gasteiger partial charge on any atom is -0.456 e. The van der Waals surface area contributed by atoms with Gasteiger partial charge < -0.3 is 4.74 Å². The highest BCUT2D eigenvalue weighted by Gasteiger charge is 2.21. The van der Waals surface area contributed by atoms with Gasteiger partial charge in [0.15, 0.2) is 0 Å². The largest absolute Gasteiger partial charge is 0.456 e. The molecule has 41 heavy (non-hydrogen) atoms. The van der Waals surface area contributed by atoms with E-state index in [2.05, 4.69) is 92.7 Å². The summed E-state index contributed by atoms with van der Waals surface area (Å²) >= 11 is 0. The van der Waals surface area contributed by atoms with Crippen molar-refractivity contribution in [2.24, 2.45) is 0 Å². The van der Waals surface area contributed by atoms with Crippen molar-refractivity contribution in [1.29, 1.82) is 0 Å². The molecular formula is C39H31O2+. The average Bonchev–Trinajstić information content (AvgIpc) is 3.06. The molecule has 0 saturated heterocycles. The Kier molecular flexibility index (Phi) is 7.55. The van der Waals surface area contributed by atoms with Gasteiger partial charge in [-0.05, 0) is 72.5 Å². The van der Waals surface area contributed by atoms with E-state index in [1.54, 1.807) is 0 Å². The standard InChI is InChI=1S/C39H31O2/c1-28(34-24-36(30-15-7-3-8-16-30)40-37(25-34)31-17-9-4-10-18-31)23-29(2)35-26-38(32-19-11-5-12-20-32)41-39(27-35)33-21-13-6-14-22-33/h3-27H,1-2H3/q+1. The summed E-state index contributed by atoms with van der Waals surface area (Å²) in [6, 6.07) is 45.3. The summed E-state index contributed by atoms with van der Waals surface area (Å²) in [6.07, 6.45) is 6.51. The number of hydrogen-bond donors (Lipinski definition) is 0. The highest BCUT2D eigenvalue weighted by molar-refractivity contribution is 5.80. The van der Waals surface area contributed by atoms with Crippen molar-refractivity contribution in [2.45, 2.75) is 13.8 Å². The molecule has 0 aliphatic carbocycles. The molecule has 0 fully saturated rings. The number of hydrogen-bond acceptors (Lipinski definition) is 1. The third-order valence-corrected chi connectivity index (χ3v) is 7.16. The topological polar surface area (TPSA) is 20.5 Å². The van der Waals surface area contributed by atoms with Crippen molar-refractivity contribution >= 4 is 17.1 Å². The normalized spacial score (nSPS) is 13.2. The third-order valence-electron chi connectivity index (χ3n) is 7.16. The molecule has 2 heterocycles. The van der Waals surface area contributed by atoms with Crippen LogP contribution in [0.25, 0.3) is 39.7 Å². The van der Waals surface area contributed by atoms with Crippen LogP contribution in [0, 0.1) is 0 Å². The minimum atomic E-state index is 0.837. The van der Waals surface area contributed by atoms with Crippen LogP contribution in [0.15, 0.2) is 167 Å². The lowest BCUT2D eigenvalue weighted by molar-refractivity contribution is 0.466. The maximum Gasteiger partial charge on any atom is 0.361 e. The van der Waals surface area contributed by atoms with Gasteiger partial charge in [0.2, 0.25) is 0 Å². The van der Waals surface area contributed by atoms with Crippen molar-refractivity contribution < 1.29 is 9.15 Å². The average molecular weight is 532 g/mol. The molecular weight excluding hydrogens is 500 g/mol. The van der Waals surface area contributed by atoms with Gasteiger partial charge in [-0.1, -0.05) is 103 Å². The molecule has 0 unspecified atom stereocenters. The maximum absolute atomic E-state index is 6.41. The second-order valence-electron chi connectivity index (χ2n) is 10.1. The molecule has 0 atom stereocenters. The smallest absolute Gasteiger partial charge is 0.361 e. The molecule has 1 aromatic heterocycles. The van der Waals surface area contributed by atoms with E-state index in [4.69, 9.17) is 9.15 Å². The first-order valence-electron chi connectivity index (χ1n) is 13.8. The third kappa shape index (κ3) is 6.03. The Morgan fingerprint density at radius 1 is 0.537 bits per heavy atom. The van der Waals surface area contributed by atoms with Gasteiger partial charge in [0.25, 0.3) is 0 Å². The lowest BCUT2D eigenvalue weighted by Gasteiger charge is -2.20. The van der Waals surface area contributed by atoms with Crippen LogP contribution in [0.1, 0.15) is 30.5 Å².